The number of carboxylic acids is 1. The Morgan fingerprint density at radius 3 is 2.56 bits per heavy atom. The molecule has 2 rings (SSSR count). The van der Waals surface area contributed by atoms with Crippen molar-refractivity contribution in [1.82, 2.24) is 4.98 Å². The number of hydrogen-bond donors (Lipinski definition) is 2. The van der Waals surface area contributed by atoms with Crippen LogP contribution in [0.15, 0.2) is 29.2 Å². The van der Waals surface area contributed by atoms with Gasteiger partial charge in [0.05, 0.1) is 5.69 Å². The average Bonchev–Trinajstić information content (AvgIpc) is 2.71. The van der Waals surface area contributed by atoms with E-state index in [9.17, 15) is 4.79 Å². The van der Waals surface area contributed by atoms with Crippen molar-refractivity contribution in [2.24, 2.45) is 0 Å². The van der Waals surface area contributed by atoms with E-state index in [1.54, 1.807) is 18.7 Å². The number of rotatable bonds is 4. The predicted octanol–water partition coefficient (Wildman–Crippen LogP) is 3.62. The second kappa shape index (κ2) is 5.41. The van der Waals surface area contributed by atoms with Crippen LogP contribution in [0.25, 0.3) is 0 Å². The van der Waals surface area contributed by atoms with Crippen molar-refractivity contribution < 1.29 is 9.90 Å². The van der Waals surface area contributed by atoms with Crippen molar-refractivity contribution >= 4 is 39.9 Å². The van der Waals surface area contributed by atoms with Crippen LogP contribution in [-0.2, 0) is 0 Å². The van der Waals surface area contributed by atoms with Gasteiger partial charge in [0.1, 0.15) is 4.88 Å². The molecule has 0 bridgehead atoms. The Bertz CT molecular complexity index is 564. The van der Waals surface area contributed by atoms with E-state index in [0.717, 1.165) is 17.0 Å². The second-order valence-electron chi connectivity index (χ2n) is 3.59. The Morgan fingerprint density at radius 2 is 2.06 bits per heavy atom. The van der Waals surface area contributed by atoms with Crippen LogP contribution in [-0.4, -0.2) is 22.3 Å². The number of anilines is 2. The van der Waals surface area contributed by atoms with Gasteiger partial charge in [-0.1, -0.05) is 11.3 Å². The molecule has 94 valence electrons. The topological polar surface area (TPSA) is 62.2 Å². The largest absolute Gasteiger partial charge is 0.477 e. The van der Waals surface area contributed by atoms with Crippen LogP contribution in [0.2, 0.25) is 0 Å². The molecule has 0 aliphatic heterocycles. The minimum atomic E-state index is -0.934. The summed E-state index contributed by atoms with van der Waals surface area (Å²) in [4.78, 5) is 16.6. The minimum absolute atomic E-state index is 0.276. The maximum Gasteiger partial charge on any atom is 0.347 e. The highest BCUT2D eigenvalue weighted by molar-refractivity contribution is 7.98. The maximum atomic E-state index is 10.9. The lowest BCUT2D eigenvalue weighted by Gasteiger charge is -2.02. The van der Waals surface area contributed by atoms with Crippen molar-refractivity contribution in [3.05, 3.63) is 34.8 Å². The highest BCUT2D eigenvalue weighted by atomic mass is 32.2. The zero-order valence-corrected chi connectivity index (χ0v) is 11.6. The number of aryl methyl sites for hydroxylation is 1. The van der Waals surface area contributed by atoms with Crippen LogP contribution in [0.5, 0.6) is 0 Å². The number of nitrogens with one attached hydrogen (secondary N) is 1. The number of benzene rings is 1. The Hall–Kier alpha value is -1.53. The smallest absolute Gasteiger partial charge is 0.347 e. The number of carboxylic acid groups (broad SMARTS) is 1. The molecular weight excluding hydrogens is 268 g/mol. The first kappa shape index (κ1) is 12.9. The molecule has 0 aliphatic carbocycles. The summed E-state index contributed by atoms with van der Waals surface area (Å²) < 4.78 is 0. The van der Waals surface area contributed by atoms with Crippen LogP contribution in [0.4, 0.5) is 10.8 Å². The molecule has 2 N–H and O–H groups in total. The van der Waals surface area contributed by atoms with E-state index in [2.05, 4.69) is 10.3 Å². The summed E-state index contributed by atoms with van der Waals surface area (Å²) in [7, 11) is 0. The number of thiazole rings is 1. The first-order chi connectivity index (χ1) is 8.60. The summed E-state index contributed by atoms with van der Waals surface area (Å²) in [5.41, 5.74) is 1.44. The number of hydrogen-bond acceptors (Lipinski definition) is 5. The molecule has 0 fully saturated rings. The molecule has 0 radical (unpaired) electrons. The van der Waals surface area contributed by atoms with E-state index in [-0.39, 0.29) is 4.88 Å². The molecule has 0 amide bonds. The van der Waals surface area contributed by atoms with Gasteiger partial charge in [0, 0.05) is 10.6 Å². The fourth-order valence-corrected chi connectivity index (χ4v) is 2.68. The van der Waals surface area contributed by atoms with Crippen molar-refractivity contribution in [1.29, 1.82) is 0 Å². The van der Waals surface area contributed by atoms with E-state index in [0.29, 0.717) is 10.8 Å². The summed E-state index contributed by atoms with van der Waals surface area (Å²) in [6, 6.07) is 7.91. The number of thioether (sulfide) groups is 1. The van der Waals surface area contributed by atoms with Gasteiger partial charge in [0.15, 0.2) is 5.13 Å². The summed E-state index contributed by atoms with van der Waals surface area (Å²) in [5, 5.41) is 12.7. The lowest BCUT2D eigenvalue weighted by molar-refractivity contribution is 0.0701. The van der Waals surface area contributed by atoms with Crippen LogP contribution >= 0.6 is 23.1 Å². The van der Waals surface area contributed by atoms with Crippen molar-refractivity contribution in [3.63, 3.8) is 0 Å². The Labute approximate surface area is 113 Å². The number of aromatic carboxylic acids is 1. The van der Waals surface area contributed by atoms with E-state index < -0.39 is 5.97 Å². The third-order valence-corrected chi connectivity index (χ3v) is 4.14. The first-order valence-corrected chi connectivity index (χ1v) is 7.26. The third kappa shape index (κ3) is 2.83. The molecular formula is C12H12N2O2S2. The van der Waals surface area contributed by atoms with Gasteiger partial charge in [0.2, 0.25) is 0 Å². The van der Waals surface area contributed by atoms with E-state index >= 15 is 0 Å². The van der Waals surface area contributed by atoms with Gasteiger partial charge in [-0.2, -0.15) is 0 Å². The van der Waals surface area contributed by atoms with Gasteiger partial charge < -0.3 is 10.4 Å². The fraction of sp³-hybridized carbons (Fsp3) is 0.167. The quantitative estimate of drug-likeness (QED) is 0.838. The molecule has 6 heteroatoms. The number of aromatic nitrogens is 1. The third-order valence-electron chi connectivity index (χ3n) is 2.33. The zero-order valence-electron chi connectivity index (χ0n) is 9.93. The normalized spacial score (nSPS) is 10.3. The van der Waals surface area contributed by atoms with Crippen LogP contribution < -0.4 is 5.32 Å². The molecule has 0 saturated carbocycles. The monoisotopic (exact) mass is 280 g/mol. The molecule has 2 aromatic rings. The standard InChI is InChI=1S/C12H12N2O2S2/c1-7-10(11(15)16)18-12(13-7)14-8-3-5-9(17-2)6-4-8/h3-6H,1-2H3,(H,13,14)(H,15,16). The summed E-state index contributed by atoms with van der Waals surface area (Å²) in [6.07, 6.45) is 2.02. The predicted molar refractivity (Wildman–Crippen MR) is 75.3 cm³/mol. The van der Waals surface area contributed by atoms with E-state index in [1.807, 2.05) is 30.5 Å². The Morgan fingerprint density at radius 1 is 1.39 bits per heavy atom. The van der Waals surface area contributed by atoms with E-state index in [1.165, 1.54) is 4.90 Å². The lowest BCUT2D eigenvalue weighted by Crippen LogP contribution is -1.94. The van der Waals surface area contributed by atoms with Gasteiger partial charge >= 0.3 is 5.97 Å². The molecule has 1 aromatic carbocycles. The van der Waals surface area contributed by atoms with Crippen LogP contribution in [0, 0.1) is 6.92 Å². The number of nitrogens with zero attached hydrogens (tertiary/aromatic N) is 1. The van der Waals surface area contributed by atoms with E-state index in [4.69, 9.17) is 5.11 Å². The lowest BCUT2D eigenvalue weighted by atomic mass is 10.3. The number of carbonyl (C=O) groups is 1. The molecule has 0 unspecified atom stereocenters. The summed E-state index contributed by atoms with van der Waals surface area (Å²) in [5.74, 6) is -0.934. The highest BCUT2D eigenvalue weighted by Gasteiger charge is 2.13. The van der Waals surface area contributed by atoms with Crippen LogP contribution in [0.1, 0.15) is 15.4 Å². The van der Waals surface area contributed by atoms with Gasteiger partial charge in [-0.05, 0) is 37.4 Å². The second-order valence-corrected chi connectivity index (χ2v) is 5.47. The molecule has 4 nitrogen and oxygen atoms in total. The van der Waals surface area contributed by atoms with Gasteiger partial charge in [-0.15, -0.1) is 11.8 Å². The molecule has 0 atom stereocenters. The Balaban J connectivity index is 2.18. The highest BCUT2D eigenvalue weighted by Crippen LogP contribution is 2.26. The SMILES string of the molecule is CSc1ccc(Nc2nc(C)c(C(=O)O)s2)cc1. The first-order valence-electron chi connectivity index (χ1n) is 5.22. The molecule has 18 heavy (non-hydrogen) atoms. The molecule has 1 aromatic heterocycles. The summed E-state index contributed by atoms with van der Waals surface area (Å²) in [6.45, 7) is 1.70. The zero-order chi connectivity index (χ0) is 13.1. The Kier molecular flexibility index (Phi) is 3.88. The van der Waals surface area contributed by atoms with Gasteiger partial charge in [-0.3, -0.25) is 0 Å². The summed E-state index contributed by atoms with van der Waals surface area (Å²) >= 11 is 2.82. The van der Waals surface area contributed by atoms with Crippen molar-refractivity contribution in [2.45, 2.75) is 11.8 Å². The minimum Gasteiger partial charge on any atom is -0.477 e. The average molecular weight is 280 g/mol. The molecule has 0 spiro atoms. The van der Waals surface area contributed by atoms with Crippen molar-refractivity contribution in [3.8, 4) is 0 Å². The molecule has 0 saturated heterocycles. The van der Waals surface area contributed by atoms with Gasteiger partial charge in [0.25, 0.3) is 0 Å². The molecule has 0 aliphatic rings. The maximum absolute atomic E-state index is 10.9. The molecule has 1 heterocycles. The van der Waals surface area contributed by atoms with Gasteiger partial charge in [-0.25, -0.2) is 9.78 Å². The fourth-order valence-electron chi connectivity index (χ4n) is 1.45. The van der Waals surface area contributed by atoms with Crippen LogP contribution in [0.3, 0.4) is 0 Å². The van der Waals surface area contributed by atoms with Crippen molar-refractivity contribution in [2.75, 3.05) is 11.6 Å².